The normalized spacial score (nSPS) is 15.0. The number of aromatic nitrogens is 2. The van der Waals surface area contributed by atoms with Crippen molar-refractivity contribution in [3.63, 3.8) is 0 Å². The highest BCUT2D eigenvalue weighted by atomic mass is 19.1. The average molecular weight is 435 g/mol. The maximum Gasteiger partial charge on any atom is 0.267 e. The summed E-state index contributed by atoms with van der Waals surface area (Å²) in [5.74, 6) is -0.480. The number of halogens is 1. The molecule has 0 spiro atoms. The highest BCUT2D eigenvalue weighted by molar-refractivity contribution is 5.83. The molecule has 0 radical (unpaired) electrons. The Balaban J connectivity index is 1.48. The topological polar surface area (TPSA) is 58.4 Å². The van der Waals surface area contributed by atoms with Crippen LogP contribution in [0.25, 0.3) is 11.3 Å². The van der Waals surface area contributed by atoms with Crippen LogP contribution < -0.4 is 5.56 Å². The summed E-state index contributed by atoms with van der Waals surface area (Å²) in [5, 5.41) is 4.45. The molecule has 1 amide bonds. The average Bonchev–Trinajstić information content (AvgIpc) is 2.80. The van der Waals surface area contributed by atoms with Gasteiger partial charge in [0.2, 0.25) is 5.91 Å². The molecule has 7 heteroatoms. The molecule has 1 aliphatic heterocycles. The van der Waals surface area contributed by atoms with Crippen molar-refractivity contribution in [1.29, 1.82) is 0 Å². The van der Waals surface area contributed by atoms with Crippen molar-refractivity contribution in [2.45, 2.75) is 25.9 Å². The van der Waals surface area contributed by atoms with Crippen LogP contribution in [0.1, 0.15) is 19.4 Å². The van der Waals surface area contributed by atoms with Gasteiger partial charge in [0, 0.05) is 44.4 Å². The standard InChI is InChI=1S/C25H27FN4O2/c1-25(2,30-23(31)13-12-22(27-30)20-8-10-21(26)11-9-20)24(32)29-16-14-28(15-17-29)18-19-6-4-3-5-7-19/h3-13H,14-18H2,1-2H3. The van der Waals surface area contributed by atoms with Crippen molar-refractivity contribution in [3.05, 3.63) is 88.5 Å². The molecule has 2 aromatic carbocycles. The Morgan fingerprint density at radius 3 is 2.25 bits per heavy atom. The van der Waals surface area contributed by atoms with Gasteiger partial charge in [-0.2, -0.15) is 5.10 Å². The summed E-state index contributed by atoms with van der Waals surface area (Å²) in [6.07, 6.45) is 0. The van der Waals surface area contributed by atoms with Crippen LogP contribution >= 0.6 is 0 Å². The van der Waals surface area contributed by atoms with E-state index in [9.17, 15) is 14.0 Å². The minimum absolute atomic E-state index is 0.136. The van der Waals surface area contributed by atoms with E-state index in [2.05, 4.69) is 22.1 Å². The molecule has 0 bridgehead atoms. The highest BCUT2D eigenvalue weighted by Gasteiger charge is 2.37. The predicted octanol–water partition coefficient (Wildman–Crippen LogP) is 3.13. The fraction of sp³-hybridized carbons (Fsp3) is 0.320. The lowest BCUT2D eigenvalue weighted by Crippen LogP contribution is -2.56. The van der Waals surface area contributed by atoms with Gasteiger partial charge in [-0.05, 0) is 49.7 Å². The summed E-state index contributed by atoms with van der Waals surface area (Å²) in [7, 11) is 0. The Hall–Kier alpha value is -3.32. The Bertz CT molecular complexity index is 1130. The number of rotatable bonds is 5. The van der Waals surface area contributed by atoms with Gasteiger partial charge in [-0.1, -0.05) is 30.3 Å². The molecule has 0 unspecified atom stereocenters. The van der Waals surface area contributed by atoms with E-state index < -0.39 is 5.54 Å². The van der Waals surface area contributed by atoms with E-state index in [1.54, 1.807) is 36.9 Å². The molecule has 166 valence electrons. The summed E-state index contributed by atoms with van der Waals surface area (Å²) in [6, 6.07) is 19.2. The Labute approximate surface area is 186 Å². The number of benzene rings is 2. The highest BCUT2D eigenvalue weighted by Crippen LogP contribution is 2.21. The van der Waals surface area contributed by atoms with Gasteiger partial charge in [-0.25, -0.2) is 9.07 Å². The first-order valence-corrected chi connectivity index (χ1v) is 10.8. The van der Waals surface area contributed by atoms with E-state index >= 15 is 0 Å². The summed E-state index contributed by atoms with van der Waals surface area (Å²) >= 11 is 0. The largest absolute Gasteiger partial charge is 0.338 e. The van der Waals surface area contributed by atoms with Crippen LogP contribution in [0.5, 0.6) is 0 Å². The van der Waals surface area contributed by atoms with Crippen molar-refractivity contribution in [1.82, 2.24) is 19.6 Å². The van der Waals surface area contributed by atoms with Gasteiger partial charge in [0.1, 0.15) is 11.4 Å². The fourth-order valence-electron chi connectivity index (χ4n) is 4.01. The monoisotopic (exact) mass is 434 g/mol. The Morgan fingerprint density at radius 2 is 1.59 bits per heavy atom. The predicted molar refractivity (Wildman–Crippen MR) is 122 cm³/mol. The Morgan fingerprint density at radius 1 is 0.938 bits per heavy atom. The second-order valence-electron chi connectivity index (χ2n) is 8.59. The third-order valence-electron chi connectivity index (χ3n) is 5.90. The van der Waals surface area contributed by atoms with Crippen LogP contribution in [-0.4, -0.2) is 51.7 Å². The first-order valence-electron chi connectivity index (χ1n) is 10.8. The van der Waals surface area contributed by atoms with Gasteiger partial charge in [-0.3, -0.25) is 14.5 Å². The number of amides is 1. The van der Waals surface area contributed by atoms with Gasteiger partial charge >= 0.3 is 0 Å². The molecule has 1 aliphatic rings. The molecule has 3 aromatic rings. The summed E-state index contributed by atoms with van der Waals surface area (Å²) < 4.78 is 14.5. The smallest absolute Gasteiger partial charge is 0.267 e. The maximum atomic E-state index is 13.4. The van der Waals surface area contributed by atoms with Gasteiger partial charge in [0.25, 0.3) is 5.56 Å². The van der Waals surface area contributed by atoms with Crippen molar-refractivity contribution in [2.24, 2.45) is 0 Å². The van der Waals surface area contributed by atoms with Gasteiger partial charge in [0.15, 0.2) is 0 Å². The molecule has 1 fully saturated rings. The van der Waals surface area contributed by atoms with E-state index in [-0.39, 0.29) is 17.3 Å². The van der Waals surface area contributed by atoms with Crippen LogP contribution in [0.4, 0.5) is 4.39 Å². The van der Waals surface area contributed by atoms with Crippen LogP contribution in [0.15, 0.2) is 71.5 Å². The summed E-state index contributed by atoms with van der Waals surface area (Å²) in [5.41, 5.74) is 0.948. The van der Waals surface area contributed by atoms with Crippen LogP contribution in [-0.2, 0) is 16.9 Å². The quantitative estimate of drug-likeness (QED) is 0.619. The molecular weight excluding hydrogens is 407 g/mol. The summed E-state index contributed by atoms with van der Waals surface area (Å²) in [6.45, 7) is 7.03. The van der Waals surface area contributed by atoms with E-state index in [1.165, 1.54) is 28.4 Å². The molecular formula is C25H27FN4O2. The number of carbonyl (C=O) groups excluding carboxylic acids is 1. The first kappa shape index (κ1) is 21.9. The van der Waals surface area contributed by atoms with Crippen molar-refractivity contribution in [3.8, 4) is 11.3 Å². The van der Waals surface area contributed by atoms with Crippen molar-refractivity contribution < 1.29 is 9.18 Å². The third-order valence-corrected chi connectivity index (χ3v) is 5.90. The molecule has 0 saturated carbocycles. The molecule has 4 rings (SSSR count). The molecule has 0 N–H and O–H groups in total. The van der Waals surface area contributed by atoms with E-state index in [0.29, 0.717) is 24.3 Å². The lowest BCUT2D eigenvalue weighted by Gasteiger charge is -2.38. The summed E-state index contributed by atoms with van der Waals surface area (Å²) in [4.78, 5) is 30.1. The lowest BCUT2D eigenvalue weighted by atomic mass is 10.0. The number of carbonyl (C=O) groups is 1. The van der Waals surface area contributed by atoms with Crippen molar-refractivity contribution >= 4 is 5.91 Å². The molecule has 32 heavy (non-hydrogen) atoms. The second-order valence-corrected chi connectivity index (χ2v) is 8.59. The maximum absolute atomic E-state index is 13.4. The van der Waals surface area contributed by atoms with E-state index in [1.807, 2.05) is 18.2 Å². The zero-order chi connectivity index (χ0) is 22.7. The molecule has 1 aromatic heterocycles. The molecule has 0 aliphatic carbocycles. The SMILES string of the molecule is CC(C)(C(=O)N1CCN(Cc2ccccc2)CC1)n1nc(-c2ccc(F)cc2)ccc1=O. The van der Waals surface area contributed by atoms with Crippen LogP contribution in [0.2, 0.25) is 0 Å². The minimum Gasteiger partial charge on any atom is -0.338 e. The third kappa shape index (κ3) is 4.62. The number of piperazine rings is 1. The zero-order valence-corrected chi connectivity index (χ0v) is 18.4. The number of hydrogen-bond acceptors (Lipinski definition) is 4. The minimum atomic E-state index is -1.14. The first-order chi connectivity index (χ1) is 15.3. The number of hydrogen-bond donors (Lipinski definition) is 0. The number of nitrogens with zero attached hydrogens (tertiary/aromatic N) is 4. The van der Waals surface area contributed by atoms with Gasteiger partial charge in [-0.15, -0.1) is 0 Å². The lowest BCUT2D eigenvalue weighted by molar-refractivity contribution is -0.141. The molecule has 2 heterocycles. The zero-order valence-electron chi connectivity index (χ0n) is 18.4. The molecule has 6 nitrogen and oxygen atoms in total. The van der Waals surface area contributed by atoms with Gasteiger partial charge in [0.05, 0.1) is 5.69 Å². The van der Waals surface area contributed by atoms with Crippen LogP contribution in [0.3, 0.4) is 0 Å². The second kappa shape index (κ2) is 9.04. The van der Waals surface area contributed by atoms with Crippen LogP contribution in [0, 0.1) is 5.82 Å². The van der Waals surface area contributed by atoms with Crippen molar-refractivity contribution in [2.75, 3.05) is 26.2 Å². The molecule has 1 saturated heterocycles. The van der Waals surface area contributed by atoms with Gasteiger partial charge < -0.3 is 4.90 Å². The molecule has 0 atom stereocenters. The Kier molecular flexibility index (Phi) is 6.19. The van der Waals surface area contributed by atoms with E-state index in [4.69, 9.17) is 0 Å². The van der Waals surface area contributed by atoms with E-state index in [0.717, 1.165) is 19.6 Å². The fourth-order valence-corrected chi connectivity index (χ4v) is 4.01.